The third-order valence-corrected chi connectivity index (χ3v) is 3.90. The molecule has 0 radical (unpaired) electrons. The van der Waals surface area contributed by atoms with Gasteiger partial charge < -0.3 is 9.73 Å². The van der Waals surface area contributed by atoms with Crippen molar-refractivity contribution < 1.29 is 14.1 Å². The lowest BCUT2D eigenvalue weighted by atomic mass is 10.1. The number of H-pyrrole nitrogens is 1. The third-order valence-electron chi connectivity index (χ3n) is 3.73. The predicted octanol–water partition coefficient (Wildman–Crippen LogP) is 3.38. The summed E-state index contributed by atoms with van der Waals surface area (Å²) >= 11 is 4.83. The molecule has 4 rings (SSSR count). The topological polar surface area (TPSA) is 126 Å². The Bertz CT molecular complexity index is 1130. The zero-order valence-corrected chi connectivity index (χ0v) is 13.7. The van der Waals surface area contributed by atoms with E-state index >= 15 is 0 Å². The minimum atomic E-state index is -0.518. The summed E-state index contributed by atoms with van der Waals surface area (Å²) in [6.45, 7) is 0. The number of amides is 1. The van der Waals surface area contributed by atoms with Crippen molar-refractivity contribution in [3.8, 4) is 11.5 Å². The molecule has 0 bridgehead atoms. The number of nitrogens with zero attached hydrogens (tertiary/aromatic N) is 3. The Hall–Kier alpha value is -3.66. The molecule has 2 heterocycles. The predicted molar refractivity (Wildman–Crippen MR) is 95.0 cm³/mol. The molecule has 128 valence electrons. The third kappa shape index (κ3) is 2.78. The van der Waals surface area contributed by atoms with Crippen LogP contribution in [0.4, 0.5) is 17.1 Å². The number of aromatic nitrogens is 2. The summed E-state index contributed by atoms with van der Waals surface area (Å²) in [6.07, 6.45) is 0. The van der Waals surface area contributed by atoms with Crippen LogP contribution in [0.2, 0.25) is 0 Å². The normalized spacial score (nSPS) is 14.3. The van der Waals surface area contributed by atoms with E-state index in [9.17, 15) is 14.9 Å². The summed E-state index contributed by atoms with van der Waals surface area (Å²) in [5.74, 6) is -0.0728. The highest BCUT2D eigenvalue weighted by Gasteiger charge is 2.28. The summed E-state index contributed by atoms with van der Waals surface area (Å²) in [5, 5.41) is 20.1. The van der Waals surface area contributed by atoms with Gasteiger partial charge >= 0.3 is 0 Å². The molecule has 10 heteroatoms. The number of hydrogen-bond acceptors (Lipinski definition) is 7. The van der Waals surface area contributed by atoms with Gasteiger partial charge in [-0.05, 0) is 42.5 Å². The number of rotatable bonds is 3. The standard InChI is InChI=1S/C16H9N5O4S/c22-14-13(11-7-10(21(23)24)5-6-12(11)18-14)17-9-3-1-8(2-4-9)15-19-20-16(26)25-15/h1-7H,(H,20,26)(H,17,18,22). The maximum absolute atomic E-state index is 12.2. The second-order valence-electron chi connectivity index (χ2n) is 5.37. The molecule has 0 saturated carbocycles. The van der Waals surface area contributed by atoms with Gasteiger partial charge in [0.15, 0.2) is 0 Å². The highest BCUT2D eigenvalue weighted by atomic mass is 32.1. The number of nitro benzene ring substituents is 1. The summed E-state index contributed by atoms with van der Waals surface area (Å²) < 4.78 is 5.23. The van der Waals surface area contributed by atoms with Crippen LogP contribution in [0.3, 0.4) is 0 Å². The fraction of sp³-hybridized carbons (Fsp3) is 0. The summed E-state index contributed by atoms with van der Waals surface area (Å²) in [5.41, 5.74) is 2.09. The van der Waals surface area contributed by atoms with Crippen molar-refractivity contribution in [3.63, 3.8) is 0 Å². The minimum absolute atomic E-state index is 0.108. The van der Waals surface area contributed by atoms with Gasteiger partial charge in [-0.15, -0.1) is 5.10 Å². The smallest absolute Gasteiger partial charge is 0.284 e. The lowest BCUT2D eigenvalue weighted by Crippen LogP contribution is -2.13. The summed E-state index contributed by atoms with van der Waals surface area (Å²) in [6, 6.07) is 10.9. The number of non-ortho nitro benzene ring substituents is 1. The molecule has 1 aromatic heterocycles. The van der Waals surface area contributed by atoms with E-state index in [1.807, 2.05) is 0 Å². The number of aromatic amines is 1. The van der Waals surface area contributed by atoms with Gasteiger partial charge in [0, 0.05) is 23.3 Å². The Morgan fingerprint density at radius 1 is 1.19 bits per heavy atom. The van der Waals surface area contributed by atoms with E-state index in [4.69, 9.17) is 16.6 Å². The minimum Gasteiger partial charge on any atom is -0.409 e. The van der Waals surface area contributed by atoms with E-state index in [1.54, 1.807) is 24.3 Å². The van der Waals surface area contributed by atoms with Crippen LogP contribution in [-0.2, 0) is 4.79 Å². The molecule has 3 aromatic rings. The number of anilines is 1. The summed E-state index contributed by atoms with van der Waals surface area (Å²) in [4.78, 5) is 27.1. The molecule has 2 N–H and O–H groups in total. The van der Waals surface area contributed by atoms with E-state index in [0.29, 0.717) is 28.4 Å². The van der Waals surface area contributed by atoms with Gasteiger partial charge in [-0.1, -0.05) is 0 Å². The van der Waals surface area contributed by atoms with Gasteiger partial charge in [-0.3, -0.25) is 14.9 Å². The Morgan fingerprint density at radius 3 is 2.62 bits per heavy atom. The zero-order valence-electron chi connectivity index (χ0n) is 12.9. The van der Waals surface area contributed by atoms with Gasteiger partial charge in [-0.25, -0.2) is 10.1 Å². The van der Waals surface area contributed by atoms with Crippen molar-refractivity contribution in [3.05, 3.63) is 63.0 Å². The lowest BCUT2D eigenvalue weighted by Gasteiger charge is -2.00. The average Bonchev–Trinajstić information content (AvgIpc) is 3.19. The molecule has 0 saturated heterocycles. The molecule has 1 aliphatic rings. The zero-order chi connectivity index (χ0) is 18.3. The van der Waals surface area contributed by atoms with Crippen LogP contribution in [0, 0.1) is 15.0 Å². The molecule has 0 atom stereocenters. The fourth-order valence-corrected chi connectivity index (χ4v) is 2.65. The maximum atomic E-state index is 12.2. The van der Waals surface area contributed by atoms with E-state index in [2.05, 4.69) is 20.5 Å². The highest BCUT2D eigenvalue weighted by molar-refractivity contribution is 7.71. The molecule has 2 aromatic carbocycles. The lowest BCUT2D eigenvalue weighted by molar-refractivity contribution is -0.384. The molecule has 1 amide bonds. The second kappa shape index (κ2) is 6.01. The van der Waals surface area contributed by atoms with E-state index in [1.165, 1.54) is 18.2 Å². The van der Waals surface area contributed by atoms with Crippen LogP contribution in [0.25, 0.3) is 11.5 Å². The largest absolute Gasteiger partial charge is 0.409 e. The van der Waals surface area contributed by atoms with Crippen LogP contribution in [0.1, 0.15) is 5.56 Å². The molecule has 26 heavy (non-hydrogen) atoms. The summed E-state index contributed by atoms with van der Waals surface area (Å²) in [7, 11) is 0. The quantitative estimate of drug-likeness (QED) is 0.415. The number of aliphatic imine (C=N–C) groups is 1. The van der Waals surface area contributed by atoms with Gasteiger partial charge in [0.2, 0.25) is 5.89 Å². The molecule has 0 spiro atoms. The Morgan fingerprint density at radius 2 is 1.96 bits per heavy atom. The first kappa shape index (κ1) is 15.8. The molecule has 9 nitrogen and oxygen atoms in total. The molecular formula is C16H9N5O4S. The van der Waals surface area contributed by atoms with Crippen LogP contribution in [0.15, 0.2) is 51.9 Å². The first-order valence-corrected chi connectivity index (χ1v) is 7.77. The SMILES string of the molecule is O=C1Nc2ccc([N+](=O)[O-])cc2C1=Nc1ccc(-c2n[nH]c(=S)o2)cc1. The van der Waals surface area contributed by atoms with Crippen molar-refractivity contribution in [1.29, 1.82) is 0 Å². The van der Waals surface area contributed by atoms with Crippen LogP contribution >= 0.6 is 12.2 Å². The van der Waals surface area contributed by atoms with E-state index in [-0.39, 0.29) is 16.2 Å². The maximum Gasteiger partial charge on any atom is 0.284 e. The Kier molecular flexibility index (Phi) is 3.66. The fourth-order valence-electron chi connectivity index (χ4n) is 2.53. The number of carbonyl (C=O) groups excluding carboxylic acids is 1. The van der Waals surface area contributed by atoms with Crippen molar-refractivity contribution >= 4 is 40.9 Å². The van der Waals surface area contributed by atoms with Gasteiger partial charge in [0.1, 0.15) is 5.71 Å². The van der Waals surface area contributed by atoms with Crippen molar-refractivity contribution in [1.82, 2.24) is 10.2 Å². The Balaban J connectivity index is 1.71. The molecular weight excluding hydrogens is 358 g/mol. The van der Waals surface area contributed by atoms with Gasteiger partial charge in [-0.2, -0.15) is 0 Å². The average molecular weight is 367 g/mol. The highest BCUT2D eigenvalue weighted by Crippen LogP contribution is 2.29. The van der Waals surface area contributed by atoms with Crippen LogP contribution < -0.4 is 5.32 Å². The van der Waals surface area contributed by atoms with E-state index < -0.39 is 10.8 Å². The van der Waals surface area contributed by atoms with Gasteiger partial charge in [0.25, 0.3) is 16.4 Å². The van der Waals surface area contributed by atoms with E-state index in [0.717, 1.165) is 0 Å². The number of benzene rings is 2. The first-order chi connectivity index (χ1) is 12.5. The van der Waals surface area contributed by atoms with Crippen LogP contribution in [0.5, 0.6) is 0 Å². The number of nitrogens with one attached hydrogen (secondary N) is 2. The number of fused-ring (bicyclic) bond motifs is 1. The molecule has 0 unspecified atom stereocenters. The number of nitro groups is 1. The first-order valence-electron chi connectivity index (χ1n) is 7.36. The molecule has 0 fully saturated rings. The second-order valence-corrected chi connectivity index (χ2v) is 5.74. The van der Waals surface area contributed by atoms with Gasteiger partial charge in [0.05, 0.1) is 16.3 Å². The number of carbonyl (C=O) groups is 1. The Labute approximate surface area is 150 Å². The van der Waals surface area contributed by atoms with Crippen molar-refractivity contribution in [2.75, 3.05) is 5.32 Å². The monoisotopic (exact) mass is 367 g/mol. The van der Waals surface area contributed by atoms with Crippen LogP contribution in [-0.4, -0.2) is 26.7 Å². The number of hydrogen-bond donors (Lipinski definition) is 2. The molecule has 1 aliphatic heterocycles. The molecule has 0 aliphatic carbocycles. The van der Waals surface area contributed by atoms with Crippen molar-refractivity contribution in [2.24, 2.45) is 4.99 Å². The van der Waals surface area contributed by atoms with Crippen molar-refractivity contribution in [2.45, 2.75) is 0 Å².